The van der Waals surface area contributed by atoms with Crippen LogP contribution in [0.1, 0.15) is 43.7 Å². The number of benzene rings is 2. The van der Waals surface area contributed by atoms with E-state index in [2.05, 4.69) is 4.98 Å². The summed E-state index contributed by atoms with van der Waals surface area (Å²) in [4.78, 5) is 18.8. The van der Waals surface area contributed by atoms with Gasteiger partial charge >= 0.3 is 6.09 Å². The number of oxazole rings is 1. The van der Waals surface area contributed by atoms with E-state index in [9.17, 15) is 9.90 Å². The van der Waals surface area contributed by atoms with Crippen molar-refractivity contribution in [2.24, 2.45) is 5.92 Å². The molecule has 2 unspecified atom stereocenters. The smallest absolute Gasteiger partial charge is 0.410 e. The number of aliphatic hydroxyl groups is 1. The van der Waals surface area contributed by atoms with E-state index in [1.165, 1.54) is 0 Å². The maximum absolute atomic E-state index is 12.5. The number of ether oxygens (including phenoxy) is 2. The predicted molar refractivity (Wildman–Crippen MR) is 133 cm³/mol. The Morgan fingerprint density at radius 3 is 2.49 bits per heavy atom. The van der Waals surface area contributed by atoms with Crippen LogP contribution in [0.3, 0.4) is 0 Å². The number of likely N-dealkylation sites (tertiary alicyclic amines) is 1. The van der Waals surface area contributed by atoms with Crippen LogP contribution >= 0.6 is 0 Å². The van der Waals surface area contributed by atoms with E-state index in [0.717, 1.165) is 28.3 Å². The Balaban J connectivity index is 1.33. The van der Waals surface area contributed by atoms with Gasteiger partial charge < -0.3 is 23.9 Å². The lowest BCUT2D eigenvalue weighted by molar-refractivity contribution is 0.0283. The molecule has 2 heterocycles. The number of nitrogens with zero attached hydrogens (tertiary/aromatic N) is 2. The molecule has 1 aliphatic heterocycles. The molecule has 1 amide bonds. The van der Waals surface area contributed by atoms with E-state index in [-0.39, 0.29) is 24.5 Å². The molecule has 0 bridgehead atoms. The van der Waals surface area contributed by atoms with Crippen molar-refractivity contribution in [2.75, 3.05) is 26.3 Å². The molecular weight excluding hydrogens is 444 g/mol. The third-order valence-electron chi connectivity index (χ3n) is 6.16. The molecule has 4 rings (SSSR count). The van der Waals surface area contributed by atoms with Crippen molar-refractivity contribution in [3.05, 3.63) is 71.6 Å². The number of hydrogen-bond donors (Lipinski definition) is 1. The average Bonchev–Trinajstić information content (AvgIpc) is 3.43. The number of hydrogen-bond acceptors (Lipinski definition) is 6. The van der Waals surface area contributed by atoms with Crippen LogP contribution in [0.15, 0.2) is 59.0 Å². The van der Waals surface area contributed by atoms with E-state index in [1.807, 2.05) is 82.3 Å². The van der Waals surface area contributed by atoms with Gasteiger partial charge in [-0.1, -0.05) is 30.3 Å². The highest BCUT2D eigenvalue weighted by Gasteiger charge is 2.37. The molecule has 7 heteroatoms. The first-order valence-electron chi connectivity index (χ1n) is 12.1. The van der Waals surface area contributed by atoms with E-state index in [4.69, 9.17) is 13.9 Å². The van der Waals surface area contributed by atoms with Gasteiger partial charge in [-0.3, -0.25) is 0 Å². The molecule has 0 spiro atoms. The molecule has 1 fully saturated rings. The molecule has 1 aromatic heterocycles. The minimum absolute atomic E-state index is 0.0181. The van der Waals surface area contributed by atoms with Gasteiger partial charge in [-0.2, -0.15) is 0 Å². The monoisotopic (exact) mass is 478 g/mol. The maximum Gasteiger partial charge on any atom is 0.410 e. The fraction of sp³-hybridized carbons (Fsp3) is 0.429. The first-order valence-corrected chi connectivity index (χ1v) is 12.1. The van der Waals surface area contributed by atoms with Crippen molar-refractivity contribution in [1.82, 2.24) is 9.88 Å². The standard InChI is InChI=1S/C28H34N2O5/c1-19-25(29-26(34-19)21-8-6-5-7-9-21)14-15-33-23-12-10-20(11-13-23)24-17-30(16-22(24)18-31)27(32)35-28(2,3)4/h5-13,22,24,31H,14-18H2,1-4H3. The summed E-state index contributed by atoms with van der Waals surface area (Å²) < 4.78 is 17.3. The number of aromatic nitrogens is 1. The van der Waals surface area contributed by atoms with E-state index >= 15 is 0 Å². The summed E-state index contributed by atoms with van der Waals surface area (Å²) in [5, 5.41) is 9.89. The molecule has 1 aliphatic rings. The molecular formula is C28H34N2O5. The summed E-state index contributed by atoms with van der Waals surface area (Å²) in [5.74, 6) is 2.21. The minimum Gasteiger partial charge on any atom is -0.493 e. The number of amides is 1. The van der Waals surface area contributed by atoms with Gasteiger partial charge in [0.2, 0.25) is 5.89 Å². The van der Waals surface area contributed by atoms with Gasteiger partial charge in [0.1, 0.15) is 17.1 Å². The lowest BCUT2D eigenvalue weighted by atomic mass is 9.89. The highest BCUT2D eigenvalue weighted by atomic mass is 16.6. The van der Waals surface area contributed by atoms with Crippen molar-refractivity contribution >= 4 is 6.09 Å². The molecule has 186 valence electrons. The second-order valence-electron chi connectivity index (χ2n) is 9.99. The Morgan fingerprint density at radius 1 is 1.11 bits per heavy atom. The molecule has 35 heavy (non-hydrogen) atoms. The molecule has 0 saturated carbocycles. The van der Waals surface area contributed by atoms with Crippen LogP contribution in [-0.4, -0.2) is 53.0 Å². The number of carbonyl (C=O) groups excluding carboxylic acids is 1. The van der Waals surface area contributed by atoms with Crippen LogP contribution in [0.2, 0.25) is 0 Å². The topological polar surface area (TPSA) is 85.0 Å². The second-order valence-corrected chi connectivity index (χ2v) is 9.99. The zero-order valence-corrected chi connectivity index (χ0v) is 20.9. The zero-order chi connectivity index (χ0) is 25.0. The fourth-order valence-electron chi connectivity index (χ4n) is 4.35. The van der Waals surface area contributed by atoms with E-state index < -0.39 is 5.60 Å². The summed E-state index contributed by atoms with van der Waals surface area (Å²) in [6.45, 7) is 8.99. The lowest BCUT2D eigenvalue weighted by Gasteiger charge is -2.24. The van der Waals surface area contributed by atoms with Gasteiger partial charge in [0.05, 0.1) is 12.3 Å². The Labute approximate surface area is 206 Å². The number of carbonyl (C=O) groups is 1. The Morgan fingerprint density at radius 2 is 1.83 bits per heavy atom. The Hall–Kier alpha value is -3.32. The van der Waals surface area contributed by atoms with Gasteiger partial charge in [0.15, 0.2) is 0 Å². The van der Waals surface area contributed by atoms with Crippen molar-refractivity contribution in [1.29, 1.82) is 0 Å². The lowest BCUT2D eigenvalue weighted by Crippen LogP contribution is -2.35. The normalized spacial score (nSPS) is 18.0. The molecule has 2 atom stereocenters. The fourth-order valence-corrected chi connectivity index (χ4v) is 4.35. The number of rotatable bonds is 7. The third-order valence-corrected chi connectivity index (χ3v) is 6.16. The third kappa shape index (κ3) is 6.22. The highest BCUT2D eigenvalue weighted by molar-refractivity contribution is 5.68. The van der Waals surface area contributed by atoms with Crippen LogP contribution in [0, 0.1) is 12.8 Å². The van der Waals surface area contributed by atoms with Crippen molar-refractivity contribution in [3.8, 4) is 17.2 Å². The molecule has 7 nitrogen and oxygen atoms in total. The molecule has 0 radical (unpaired) electrons. The van der Waals surface area contributed by atoms with Crippen molar-refractivity contribution in [3.63, 3.8) is 0 Å². The summed E-state index contributed by atoms with van der Waals surface area (Å²) >= 11 is 0. The molecule has 3 aromatic rings. The van der Waals surface area contributed by atoms with Crippen LogP contribution in [0.5, 0.6) is 5.75 Å². The number of aryl methyl sites for hydroxylation is 1. The van der Waals surface area contributed by atoms with Crippen molar-refractivity contribution in [2.45, 2.75) is 45.6 Å². The van der Waals surface area contributed by atoms with Crippen LogP contribution in [-0.2, 0) is 11.2 Å². The molecule has 1 saturated heterocycles. The molecule has 2 aromatic carbocycles. The van der Waals surface area contributed by atoms with Gasteiger partial charge in [-0.15, -0.1) is 0 Å². The highest BCUT2D eigenvalue weighted by Crippen LogP contribution is 2.34. The molecule has 1 N–H and O–H groups in total. The molecule has 0 aliphatic carbocycles. The van der Waals surface area contributed by atoms with Gasteiger partial charge in [-0.25, -0.2) is 9.78 Å². The van der Waals surface area contributed by atoms with Gasteiger partial charge in [0, 0.05) is 43.5 Å². The zero-order valence-electron chi connectivity index (χ0n) is 20.9. The first-order chi connectivity index (χ1) is 16.7. The minimum atomic E-state index is -0.545. The average molecular weight is 479 g/mol. The summed E-state index contributed by atoms with van der Waals surface area (Å²) in [6, 6.07) is 17.7. The Kier molecular flexibility index (Phi) is 7.45. The largest absolute Gasteiger partial charge is 0.493 e. The number of aliphatic hydroxyl groups excluding tert-OH is 1. The van der Waals surface area contributed by atoms with Gasteiger partial charge in [0.25, 0.3) is 0 Å². The first kappa shape index (κ1) is 24.8. The van der Waals surface area contributed by atoms with E-state index in [0.29, 0.717) is 32.0 Å². The summed E-state index contributed by atoms with van der Waals surface area (Å²) in [6.07, 6.45) is 0.307. The van der Waals surface area contributed by atoms with Crippen LogP contribution in [0.4, 0.5) is 4.79 Å². The van der Waals surface area contributed by atoms with Crippen LogP contribution < -0.4 is 4.74 Å². The van der Waals surface area contributed by atoms with Crippen LogP contribution in [0.25, 0.3) is 11.5 Å². The predicted octanol–water partition coefficient (Wildman–Crippen LogP) is 5.21. The summed E-state index contributed by atoms with van der Waals surface area (Å²) in [7, 11) is 0. The second kappa shape index (κ2) is 10.5. The van der Waals surface area contributed by atoms with Crippen molar-refractivity contribution < 1.29 is 23.8 Å². The van der Waals surface area contributed by atoms with Gasteiger partial charge in [-0.05, 0) is 57.5 Å². The quantitative estimate of drug-likeness (QED) is 0.502. The summed E-state index contributed by atoms with van der Waals surface area (Å²) in [5.41, 5.74) is 2.37. The Bertz CT molecular complexity index is 1120. The maximum atomic E-state index is 12.5. The SMILES string of the molecule is Cc1oc(-c2ccccc2)nc1CCOc1ccc(C2CN(C(=O)OC(C)(C)C)CC2CO)cc1. The van der Waals surface area contributed by atoms with E-state index in [1.54, 1.807) is 4.90 Å².